The number of aromatic nitrogens is 1. The summed E-state index contributed by atoms with van der Waals surface area (Å²) in [6.45, 7) is 8.27. The van der Waals surface area contributed by atoms with Crippen LogP contribution >= 0.6 is 23.2 Å². The SMILES string of the molecule is CCNc1nc(N(CC(C)C)C2CCCC2)c(Cl)cc1Cl. The van der Waals surface area contributed by atoms with Gasteiger partial charge in [-0.1, -0.05) is 49.9 Å². The Hall–Kier alpha value is -0.670. The zero-order valence-electron chi connectivity index (χ0n) is 13.1. The van der Waals surface area contributed by atoms with Crippen molar-refractivity contribution >= 4 is 34.8 Å². The molecule has 0 unspecified atom stereocenters. The molecule has 0 amide bonds. The number of pyridine rings is 1. The monoisotopic (exact) mass is 329 g/mol. The van der Waals surface area contributed by atoms with Crippen molar-refractivity contribution in [3.8, 4) is 0 Å². The van der Waals surface area contributed by atoms with E-state index in [0.717, 1.165) is 24.7 Å². The predicted molar refractivity (Wildman–Crippen MR) is 92.9 cm³/mol. The molecule has 1 aliphatic rings. The molecule has 0 radical (unpaired) electrons. The molecular weight excluding hydrogens is 305 g/mol. The van der Waals surface area contributed by atoms with Gasteiger partial charge in [0, 0.05) is 19.1 Å². The Kier molecular flexibility index (Phi) is 6.00. The zero-order chi connectivity index (χ0) is 15.4. The number of rotatable bonds is 6. The van der Waals surface area contributed by atoms with Gasteiger partial charge in [-0.15, -0.1) is 0 Å². The van der Waals surface area contributed by atoms with Crippen LogP contribution in [0, 0.1) is 5.92 Å². The molecule has 118 valence electrons. The molecule has 1 saturated carbocycles. The molecule has 3 nitrogen and oxygen atoms in total. The van der Waals surface area contributed by atoms with Crippen molar-refractivity contribution in [1.82, 2.24) is 4.98 Å². The van der Waals surface area contributed by atoms with E-state index in [4.69, 9.17) is 28.2 Å². The predicted octanol–water partition coefficient (Wildman–Crippen LogP) is 5.23. The summed E-state index contributed by atoms with van der Waals surface area (Å²) in [6.07, 6.45) is 5.04. The Labute approximate surface area is 138 Å². The summed E-state index contributed by atoms with van der Waals surface area (Å²) in [6, 6.07) is 2.36. The number of nitrogens with zero attached hydrogens (tertiary/aromatic N) is 2. The third-order valence-electron chi connectivity index (χ3n) is 3.85. The summed E-state index contributed by atoms with van der Waals surface area (Å²) >= 11 is 12.7. The first-order valence-electron chi connectivity index (χ1n) is 7.89. The maximum Gasteiger partial charge on any atom is 0.150 e. The van der Waals surface area contributed by atoms with Crippen LogP contribution in [0.5, 0.6) is 0 Å². The Morgan fingerprint density at radius 1 is 1.29 bits per heavy atom. The molecule has 1 N–H and O–H groups in total. The summed E-state index contributed by atoms with van der Waals surface area (Å²) in [7, 11) is 0. The fourth-order valence-corrected chi connectivity index (χ4v) is 3.50. The molecule has 0 bridgehead atoms. The van der Waals surface area contributed by atoms with Gasteiger partial charge in [-0.2, -0.15) is 0 Å². The Balaban J connectivity index is 2.35. The highest BCUT2D eigenvalue weighted by atomic mass is 35.5. The van der Waals surface area contributed by atoms with E-state index in [1.54, 1.807) is 0 Å². The smallest absolute Gasteiger partial charge is 0.150 e. The van der Waals surface area contributed by atoms with Crippen LogP contribution in [-0.4, -0.2) is 24.1 Å². The molecule has 5 heteroatoms. The van der Waals surface area contributed by atoms with Gasteiger partial charge >= 0.3 is 0 Å². The molecule has 0 spiro atoms. The molecule has 1 aromatic rings. The van der Waals surface area contributed by atoms with Crippen molar-refractivity contribution in [2.24, 2.45) is 5.92 Å². The molecule has 0 aliphatic heterocycles. The van der Waals surface area contributed by atoms with Gasteiger partial charge < -0.3 is 10.2 Å². The quantitative estimate of drug-likeness (QED) is 0.774. The van der Waals surface area contributed by atoms with Crippen LogP contribution < -0.4 is 10.2 Å². The van der Waals surface area contributed by atoms with Crippen molar-refractivity contribution < 1.29 is 0 Å². The van der Waals surface area contributed by atoms with Crippen molar-refractivity contribution in [2.45, 2.75) is 52.5 Å². The summed E-state index contributed by atoms with van der Waals surface area (Å²) in [5.74, 6) is 2.17. The fraction of sp³-hybridized carbons (Fsp3) is 0.688. The average molecular weight is 330 g/mol. The summed E-state index contributed by atoms with van der Waals surface area (Å²) in [4.78, 5) is 7.10. The van der Waals surface area contributed by atoms with E-state index in [1.807, 2.05) is 13.0 Å². The normalized spacial score (nSPS) is 15.7. The third kappa shape index (κ3) is 4.17. The molecule has 0 saturated heterocycles. The molecule has 1 fully saturated rings. The first kappa shape index (κ1) is 16.7. The van der Waals surface area contributed by atoms with Gasteiger partial charge in [-0.3, -0.25) is 0 Å². The molecule has 1 aliphatic carbocycles. The van der Waals surface area contributed by atoms with Crippen LogP contribution in [0.1, 0.15) is 46.5 Å². The van der Waals surface area contributed by atoms with Gasteiger partial charge in [0.1, 0.15) is 11.6 Å². The van der Waals surface area contributed by atoms with Crippen molar-refractivity contribution in [2.75, 3.05) is 23.3 Å². The van der Waals surface area contributed by atoms with Crippen LogP contribution in [0.3, 0.4) is 0 Å². The van der Waals surface area contributed by atoms with Crippen molar-refractivity contribution in [1.29, 1.82) is 0 Å². The van der Waals surface area contributed by atoms with E-state index >= 15 is 0 Å². The molecule has 0 atom stereocenters. The lowest BCUT2D eigenvalue weighted by Crippen LogP contribution is -2.37. The first-order valence-corrected chi connectivity index (χ1v) is 8.65. The van der Waals surface area contributed by atoms with Crippen LogP contribution in [0.4, 0.5) is 11.6 Å². The Morgan fingerprint density at radius 2 is 1.95 bits per heavy atom. The lowest BCUT2D eigenvalue weighted by Gasteiger charge is -2.32. The lowest BCUT2D eigenvalue weighted by atomic mass is 10.1. The van der Waals surface area contributed by atoms with Crippen LogP contribution in [0.15, 0.2) is 6.07 Å². The van der Waals surface area contributed by atoms with Crippen LogP contribution in [-0.2, 0) is 0 Å². The van der Waals surface area contributed by atoms with E-state index in [-0.39, 0.29) is 0 Å². The molecule has 0 aromatic carbocycles. The number of hydrogen-bond acceptors (Lipinski definition) is 3. The second-order valence-corrected chi connectivity index (χ2v) is 6.95. The minimum atomic E-state index is 0.549. The highest BCUT2D eigenvalue weighted by Gasteiger charge is 2.26. The van der Waals surface area contributed by atoms with Gasteiger partial charge in [0.05, 0.1) is 10.0 Å². The molecule has 2 rings (SSSR count). The Bertz CT molecular complexity index is 471. The maximum absolute atomic E-state index is 6.44. The molecule has 21 heavy (non-hydrogen) atoms. The third-order valence-corrected chi connectivity index (χ3v) is 4.42. The standard InChI is InChI=1S/C16H25Cl2N3/c1-4-19-15-13(17)9-14(18)16(20-15)21(10-11(2)3)12-7-5-6-8-12/h9,11-12H,4-8,10H2,1-3H3,(H,19,20). The van der Waals surface area contributed by atoms with Gasteiger partial charge in [0.2, 0.25) is 0 Å². The molecule has 1 aromatic heterocycles. The highest BCUT2D eigenvalue weighted by Crippen LogP contribution is 2.36. The van der Waals surface area contributed by atoms with Crippen molar-refractivity contribution in [3.05, 3.63) is 16.1 Å². The summed E-state index contributed by atoms with van der Waals surface area (Å²) in [5.41, 5.74) is 0. The number of hydrogen-bond donors (Lipinski definition) is 1. The topological polar surface area (TPSA) is 28.2 Å². The van der Waals surface area contributed by atoms with Gasteiger partial charge in [0.15, 0.2) is 0 Å². The fourth-order valence-electron chi connectivity index (χ4n) is 2.97. The Morgan fingerprint density at radius 3 is 2.52 bits per heavy atom. The first-order chi connectivity index (χ1) is 10.0. The largest absolute Gasteiger partial charge is 0.369 e. The van der Waals surface area contributed by atoms with E-state index in [2.05, 4.69) is 24.1 Å². The van der Waals surface area contributed by atoms with Gasteiger partial charge in [-0.25, -0.2) is 4.98 Å². The zero-order valence-corrected chi connectivity index (χ0v) is 14.6. The van der Waals surface area contributed by atoms with Gasteiger partial charge in [-0.05, 0) is 31.7 Å². The maximum atomic E-state index is 6.44. The summed E-state index contributed by atoms with van der Waals surface area (Å²) in [5, 5.41) is 4.45. The van der Waals surface area contributed by atoms with E-state index in [1.165, 1.54) is 25.7 Å². The molecular formula is C16H25Cl2N3. The van der Waals surface area contributed by atoms with Crippen LogP contribution in [0.25, 0.3) is 0 Å². The van der Waals surface area contributed by atoms with E-state index in [9.17, 15) is 0 Å². The van der Waals surface area contributed by atoms with Crippen LogP contribution in [0.2, 0.25) is 10.0 Å². The second-order valence-electron chi connectivity index (χ2n) is 6.14. The minimum absolute atomic E-state index is 0.549. The molecule has 1 heterocycles. The number of nitrogens with one attached hydrogen (secondary N) is 1. The van der Waals surface area contributed by atoms with E-state index in [0.29, 0.717) is 22.0 Å². The number of anilines is 2. The number of halogens is 2. The second kappa shape index (κ2) is 7.55. The minimum Gasteiger partial charge on any atom is -0.369 e. The highest BCUT2D eigenvalue weighted by molar-refractivity contribution is 6.37. The average Bonchev–Trinajstić information content (AvgIpc) is 2.93. The van der Waals surface area contributed by atoms with Gasteiger partial charge in [0.25, 0.3) is 0 Å². The van der Waals surface area contributed by atoms with E-state index < -0.39 is 0 Å². The lowest BCUT2D eigenvalue weighted by molar-refractivity contribution is 0.531. The van der Waals surface area contributed by atoms with Crippen molar-refractivity contribution in [3.63, 3.8) is 0 Å². The summed E-state index contributed by atoms with van der Waals surface area (Å²) < 4.78 is 0.